The number of hydrogen-bond donors (Lipinski definition) is 1. The highest BCUT2D eigenvalue weighted by atomic mass is 32.2. The van der Waals surface area contributed by atoms with E-state index in [9.17, 15) is 26.4 Å². The van der Waals surface area contributed by atoms with Crippen molar-refractivity contribution in [3.8, 4) is 0 Å². The van der Waals surface area contributed by atoms with Crippen LogP contribution in [0.2, 0.25) is 0 Å². The van der Waals surface area contributed by atoms with Gasteiger partial charge in [-0.3, -0.25) is 4.79 Å². The van der Waals surface area contributed by atoms with Crippen LogP contribution in [-0.4, -0.2) is 19.8 Å². The lowest BCUT2D eigenvalue weighted by Crippen LogP contribution is -2.29. The third-order valence-corrected chi connectivity index (χ3v) is 4.98. The summed E-state index contributed by atoms with van der Waals surface area (Å²) in [4.78, 5) is 12.2. The van der Waals surface area contributed by atoms with E-state index in [-0.39, 0.29) is 22.5 Å². The van der Waals surface area contributed by atoms with Gasteiger partial charge in [-0.25, -0.2) is 26.7 Å². The Labute approximate surface area is 153 Å². The van der Waals surface area contributed by atoms with Gasteiger partial charge in [-0.05, 0) is 44.2 Å². The number of ketones is 1. The second-order valence-corrected chi connectivity index (χ2v) is 8.02. The van der Waals surface area contributed by atoms with E-state index >= 15 is 0 Å². The highest BCUT2D eigenvalue weighted by molar-refractivity contribution is 7.89. The molecule has 0 amide bonds. The number of halogens is 3. The standard InChI is InChI=1S/C18H14F3NO4S/c1-18(2)17(23)15(11-5-3-9(19)7-13(11)20)16(26-18)12-6-4-10(8-14(12)21)27(22,24)25/h3-8H,1-2H3,(H2,22,24,25). The molecule has 0 fully saturated rings. The van der Waals surface area contributed by atoms with Gasteiger partial charge in [-0.1, -0.05) is 0 Å². The predicted molar refractivity (Wildman–Crippen MR) is 91.1 cm³/mol. The van der Waals surface area contributed by atoms with Crippen LogP contribution >= 0.6 is 0 Å². The van der Waals surface area contributed by atoms with Gasteiger partial charge in [0.15, 0.2) is 5.60 Å². The Kier molecular flexibility index (Phi) is 4.40. The van der Waals surface area contributed by atoms with E-state index in [1.807, 2.05) is 0 Å². The molecule has 1 heterocycles. The third-order valence-electron chi connectivity index (χ3n) is 4.07. The van der Waals surface area contributed by atoms with Crippen molar-refractivity contribution >= 4 is 27.1 Å². The maximum Gasteiger partial charge on any atom is 0.238 e. The summed E-state index contributed by atoms with van der Waals surface area (Å²) < 4.78 is 70.3. The smallest absolute Gasteiger partial charge is 0.238 e. The van der Waals surface area contributed by atoms with E-state index in [0.29, 0.717) is 12.1 Å². The molecule has 9 heteroatoms. The predicted octanol–water partition coefficient (Wildman–Crippen LogP) is 3.00. The van der Waals surface area contributed by atoms with Crippen LogP contribution in [0.5, 0.6) is 0 Å². The summed E-state index contributed by atoms with van der Waals surface area (Å²) in [5, 5.41) is 4.97. The number of primary sulfonamides is 1. The maximum absolute atomic E-state index is 14.6. The van der Waals surface area contributed by atoms with Crippen molar-refractivity contribution in [3.63, 3.8) is 0 Å². The van der Waals surface area contributed by atoms with Gasteiger partial charge in [0.1, 0.15) is 23.2 Å². The summed E-state index contributed by atoms with van der Waals surface area (Å²) in [5.74, 6) is -3.78. The monoisotopic (exact) mass is 397 g/mol. The van der Waals surface area contributed by atoms with Gasteiger partial charge in [0.05, 0.1) is 16.0 Å². The Morgan fingerprint density at radius 2 is 1.56 bits per heavy atom. The first kappa shape index (κ1) is 19.1. The molecule has 0 atom stereocenters. The molecule has 5 nitrogen and oxygen atoms in total. The normalized spacial score (nSPS) is 16.6. The number of nitrogens with two attached hydrogens (primary N) is 1. The summed E-state index contributed by atoms with van der Waals surface area (Å²) in [6.07, 6.45) is 0. The molecule has 1 aliphatic heterocycles. The average Bonchev–Trinajstić information content (AvgIpc) is 2.77. The third kappa shape index (κ3) is 3.35. The first-order valence-corrected chi connectivity index (χ1v) is 9.22. The van der Waals surface area contributed by atoms with E-state index in [4.69, 9.17) is 9.88 Å². The second-order valence-electron chi connectivity index (χ2n) is 6.46. The number of benzene rings is 2. The van der Waals surface area contributed by atoms with Crippen LogP contribution in [0.1, 0.15) is 25.0 Å². The summed E-state index contributed by atoms with van der Waals surface area (Å²) in [6, 6.07) is 5.40. The SMILES string of the molecule is CC1(C)OC(c2ccc(S(N)(=O)=O)cc2F)=C(c2ccc(F)cc2F)C1=O. The Morgan fingerprint density at radius 1 is 0.963 bits per heavy atom. The zero-order chi connectivity index (χ0) is 20.1. The van der Waals surface area contributed by atoms with Gasteiger partial charge in [-0.15, -0.1) is 0 Å². The zero-order valence-electron chi connectivity index (χ0n) is 14.2. The van der Waals surface area contributed by atoms with Gasteiger partial charge in [0, 0.05) is 11.6 Å². The molecule has 0 unspecified atom stereocenters. The molecule has 27 heavy (non-hydrogen) atoms. The van der Waals surface area contributed by atoms with Gasteiger partial charge in [0.2, 0.25) is 15.8 Å². The minimum Gasteiger partial charge on any atom is -0.478 e. The zero-order valence-corrected chi connectivity index (χ0v) is 15.0. The van der Waals surface area contributed by atoms with Gasteiger partial charge in [-0.2, -0.15) is 0 Å². The first-order chi connectivity index (χ1) is 12.4. The molecule has 1 aliphatic rings. The summed E-state index contributed by atoms with van der Waals surface area (Å²) in [5.41, 5.74) is -2.19. The van der Waals surface area contributed by atoms with Crippen molar-refractivity contribution in [3.05, 3.63) is 65.0 Å². The van der Waals surface area contributed by atoms with Crippen molar-refractivity contribution in [1.29, 1.82) is 0 Å². The Bertz CT molecular complexity index is 1110. The largest absolute Gasteiger partial charge is 0.478 e. The number of carbonyl (C=O) groups excluding carboxylic acids is 1. The molecule has 2 aromatic carbocycles. The molecule has 2 N–H and O–H groups in total. The lowest BCUT2D eigenvalue weighted by atomic mass is 9.92. The number of rotatable bonds is 3. The Hall–Kier alpha value is -2.65. The topological polar surface area (TPSA) is 86.5 Å². The summed E-state index contributed by atoms with van der Waals surface area (Å²) >= 11 is 0. The van der Waals surface area contributed by atoms with Crippen molar-refractivity contribution in [2.45, 2.75) is 24.3 Å². The lowest BCUT2D eigenvalue weighted by molar-refractivity contribution is -0.125. The van der Waals surface area contributed by atoms with Crippen molar-refractivity contribution < 1.29 is 31.1 Å². The summed E-state index contributed by atoms with van der Waals surface area (Å²) in [7, 11) is -4.14. The van der Waals surface area contributed by atoms with Gasteiger partial charge < -0.3 is 4.74 Å². The molecule has 0 bridgehead atoms. The fourth-order valence-corrected chi connectivity index (χ4v) is 3.27. The van der Waals surface area contributed by atoms with E-state index < -0.39 is 43.8 Å². The number of Topliss-reactive ketones (excluding diaryl/α,β-unsaturated/α-hetero) is 1. The van der Waals surface area contributed by atoms with Crippen LogP contribution in [0.15, 0.2) is 41.3 Å². The average molecular weight is 397 g/mol. The Balaban J connectivity index is 2.27. The molecule has 0 aromatic heterocycles. The van der Waals surface area contributed by atoms with E-state index in [2.05, 4.69) is 0 Å². The molecule has 0 radical (unpaired) electrons. The Morgan fingerprint density at radius 3 is 2.11 bits per heavy atom. The molecule has 0 saturated carbocycles. The molecular formula is C18H14F3NO4S. The van der Waals surface area contributed by atoms with E-state index in [0.717, 1.165) is 24.3 Å². The fourth-order valence-electron chi connectivity index (χ4n) is 2.74. The van der Waals surface area contributed by atoms with Crippen LogP contribution in [0.3, 0.4) is 0 Å². The molecule has 0 spiro atoms. The van der Waals surface area contributed by atoms with Crippen molar-refractivity contribution in [2.24, 2.45) is 5.14 Å². The van der Waals surface area contributed by atoms with E-state index in [1.165, 1.54) is 13.8 Å². The van der Waals surface area contributed by atoms with Crippen LogP contribution < -0.4 is 5.14 Å². The molecule has 0 saturated heterocycles. The van der Waals surface area contributed by atoms with Crippen LogP contribution in [0.25, 0.3) is 11.3 Å². The minimum absolute atomic E-state index is 0.250. The van der Waals surface area contributed by atoms with Gasteiger partial charge >= 0.3 is 0 Å². The summed E-state index contributed by atoms with van der Waals surface area (Å²) in [6.45, 7) is 2.83. The molecular weight excluding hydrogens is 383 g/mol. The molecule has 142 valence electrons. The van der Waals surface area contributed by atoms with E-state index in [1.54, 1.807) is 0 Å². The quantitative estimate of drug-likeness (QED) is 0.863. The number of hydrogen-bond acceptors (Lipinski definition) is 4. The van der Waals surface area contributed by atoms with Crippen LogP contribution in [0, 0.1) is 17.5 Å². The number of carbonyl (C=O) groups is 1. The fraction of sp³-hybridized carbons (Fsp3) is 0.167. The molecule has 2 aromatic rings. The molecule has 3 rings (SSSR count). The number of sulfonamides is 1. The van der Waals surface area contributed by atoms with Crippen LogP contribution in [-0.2, 0) is 19.6 Å². The van der Waals surface area contributed by atoms with Gasteiger partial charge in [0.25, 0.3) is 0 Å². The maximum atomic E-state index is 14.6. The van der Waals surface area contributed by atoms with Crippen molar-refractivity contribution in [1.82, 2.24) is 0 Å². The highest BCUT2D eigenvalue weighted by Gasteiger charge is 2.44. The lowest BCUT2D eigenvalue weighted by Gasteiger charge is -2.18. The highest BCUT2D eigenvalue weighted by Crippen LogP contribution is 2.42. The minimum atomic E-state index is -4.14. The molecule has 0 aliphatic carbocycles. The number of ether oxygens (including phenoxy) is 1. The first-order valence-electron chi connectivity index (χ1n) is 7.68. The van der Waals surface area contributed by atoms with Crippen LogP contribution in [0.4, 0.5) is 13.2 Å². The second kappa shape index (κ2) is 6.21. The van der Waals surface area contributed by atoms with Crippen molar-refractivity contribution in [2.75, 3.05) is 0 Å².